The SMILES string of the molecule is CN1CC2CCCN2C(=O)C1=O. The maximum absolute atomic E-state index is 11.4. The van der Waals surface area contributed by atoms with Crippen LogP contribution in [0.5, 0.6) is 0 Å². The fourth-order valence-electron chi connectivity index (χ4n) is 1.98. The predicted octanol–water partition coefficient (Wildman–Crippen LogP) is -0.551. The first-order valence-electron chi connectivity index (χ1n) is 4.26. The number of piperazine rings is 1. The molecule has 2 heterocycles. The van der Waals surface area contributed by atoms with Crippen molar-refractivity contribution in [1.82, 2.24) is 9.80 Å². The molecule has 0 aromatic rings. The number of amides is 2. The third kappa shape index (κ3) is 0.906. The maximum atomic E-state index is 11.4. The summed E-state index contributed by atoms with van der Waals surface area (Å²) in [6.45, 7) is 1.48. The van der Waals surface area contributed by atoms with Gasteiger partial charge in [0.2, 0.25) is 0 Å². The van der Waals surface area contributed by atoms with Gasteiger partial charge in [-0.2, -0.15) is 0 Å². The average Bonchev–Trinajstić information content (AvgIpc) is 2.48. The third-order valence-electron chi connectivity index (χ3n) is 2.65. The van der Waals surface area contributed by atoms with Crippen molar-refractivity contribution in [2.45, 2.75) is 18.9 Å². The van der Waals surface area contributed by atoms with Crippen LogP contribution in [0.15, 0.2) is 0 Å². The molecule has 1 unspecified atom stereocenters. The van der Waals surface area contributed by atoms with Crippen LogP contribution >= 0.6 is 0 Å². The average molecular weight is 168 g/mol. The van der Waals surface area contributed by atoms with Crippen molar-refractivity contribution in [3.63, 3.8) is 0 Å². The molecule has 1 atom stereocenters. The smallest absolute Gasteiger partial charge is 0.312 e. The molecule has 4 heteroatoms. The van der Waals surface area contributed by atoms with Crippen molar-refractivity contribution in [1.29, 1.82) is 0 Å². The summed E-state index contributed by atoms with van der Waals surface area (Å²) in [5.74, 6) is -0.667. The van der Waals surface area contributed by atoms with E-state index in [2.05, 4.69) is 0 Å². The summed E-state index contributed by atoms with van der Waals surface area (Å²) in [5, 5.41) is 0. The van der Waals surface area contributed by atoms with Crippen LogP contribution in [0.2, 0.25) is 0 Å². The summed E-state index contributed by atoms with van der Waals surface area (Å²) in [4.78, 5) is 25.8. The van der Waals surface area contributed by atoms with Gasteiger partial charge in [-0.1, -0.05) is 0 Å². The van der Waals surface area contributed by atoms with Crippen LogP contribution in [-0.2, 0) is 9.59 Å². The second-order valence-corrected chi connectivity index (χ2v) is 3.48. The van der Waals surface area contributed by atoms with E-state index in [1.807, 2.05) is 0 Å². The van der Waals surface area contributed by atoms with Crippen LogP contribution in [0.4, 0.5) is 0 Å². The normalized spacial score (nSPS) is 29.6. The topological polar surface area (TPSA) is 40.6 Å². The molecule has 0 spiro atoms. The molecule has 2 amide bonds. The van der Waals surface area contributed by atoms with Crippen molar-refractivity contribution >= 4 is 11.8 Å². The van der Waals surface area contributed by atoms with Gasteiger partial charge in [-0.3, -0.25) is 9.59 Å². The summed E-state index contributed by atoms with van der Waals surface area (Å²) in [6.07, 6.45) is 2.08. The van der Waals surface area contributed by atoms with E-state index in [0.29, 0.717) is 12.6 Å². The molecule has 2 aliphatic heterocycles. The molecule has 0 aliphatic carbocycles. The molecule has 0 radical (unpaired) electrons. The van der Waals surface area contributed by atoms with E-state index in [9.17, 15) is 9.59 Å². The summed E-state index contributed by atoms with van der Waals surface area (Å²) in [7, 11) is 1.69. The number of likely N-dealkylation sites (N-methyl/N-ethyl adjacent to an activating group) is 1. The fraction of sp³-hybridized carbons (Fsp3) is 0.750. The largest absolute Gasteiger partial charge is 0.335 e. The highest BCUT2D eigenvalue weighted by atomic mass is 16.2. The van der Waals surface area contributed by atoms with Crippen molar-refractivity contribution in [3.8, 4) is 0 Å². The van der Waals surface area contributed by atoms with Crippen LogP contribution in [0.3, 0.4) is 0 Å². The summed E-state index contributed by atoms with van der Waals surface area (Å²) in [5.41, 5.74) is 0. The molecule has 0 N–H and O–H groups in total. The Morgan fingerprint density at radius 2 is 2.08 bits per heavy atom. The Morgan fingerprint density at radius 3 is 2.83 bits per heavy atom. The van der Waals surface area contributed by atoms with E-state index in [0.717, 1.165) is 19.4 Å². The summed E-state index contributed by atoms with van der Waals surface area (Å²) < 4.78 is 0. The monoisotopic (exact) mass is 168 g/mol. The molecular weight excluding hydrogens is 156 g/mol. The van der Waals surface area contributed by atoms with Crippen molar-refractivity contribution < 1.29 is 9.59 Å². The zero-order valence-electron chi connectivity index (χ0n) is 7.12. The Kier molecular flexibility index (Phi) is 1.56. The van der Waals surface area contributed by atoms with Crippen LogP contribution in [0, 0.1) is 0 Å². The standard InChI is InChI=1S/C8H12N2O2/c1-9-5-6-3-2-4-10(6)8(12)7(9)11/h6H,2-5H2,1H3. The number of hydrogen-bond acceptors (Lipinski definition) is 2. The Hall–Kier alpha value is -1.06. The molecule has 0 bridgehead atoms. The van der Waals surface area contributed by atoms with Gasteiger partial charge in [0.25, 0.3) is 0 Å². The van der Waals surface area contributed by atoms with Crippen LogP contribution in [0.1, 0.15) is 12.8 Å². The van der Waals surface area contributed by atoms with E-state index in [1.165, 1.54) is 4.90 Å². The molecule has 2 saturated heterocycles. The van der Waals surface area contributed by atoms with Crippen molar-refractivity contribution in [2.75, 3.05) is 20.1 Å². The zero-order valence-corrected chi connectivity index (χ0v) is 7.12. The quantitative estimate of drug-likeness (QED) is 0.455. The van der Waals surface area contributed by atoms with Gasteiger partial charge in [-0.25, -0.2) is 0 Å². The number of rotatable bonds is 0. The van der Waals surface area contributed by atoms with Gasteiger partial charge in [0.1, 0.15) is 0 Å². The molecule has 2 rings (SSSR count). The highest BCUT2D eigenvalue weighted by Crippen LogP contribution is 2.21. The van der Waals surface area contributed by atoms with Gasteiger partial charge in [0.15, 0.2) is 0 Å². The number of hydrogen-bond donors (Lipinski definition) is 0. The molecule has 0 saturated carbocycles. The summed E-state index contributed by atoms with van der Waals surface area (Å²) in [6, 6.07) is 0.292. The lowest BCUT2D eigenvalue weighted by molar-refractivity contribution is -0.156. The number of carbonyl (C=O) groups excluding carboxylic acids is 2. The molecular formula is C8H12N2O2. The molecule has 0 aromatic carbocycles. The Labute approximate surface area is 71.1 Å². The lowest BCUT2D eigenvalue weighted by Crippen LogP contribution is -2.55. The Morgan fingerprint density at radius 1 is 1.33 bits per heavy atom. The highest BCUT2D eigenvalue weighted by Gasteiger charge is 2.39. The minimum absolute atomic E-state index is 0.292. The van der Waals surface area contributed by atoms with Gasteiger partial charge in [0.05, 0.1) is 0 Å². The van der Waals surface area contributed by atoms with E-state index in [-0.39, 0.29) is 11.8 Å². The first kappa shape index (κ1) is 7.58. The number of nitrogens with zero attached hydrogens (tertiary/aromatic N) is 2. The van der Waals surface area contributed by atoms with Crippen LogP contribution in [-0.4, -0.2) is 47.8 Å². The van der Waals surface area contributed by atoms with Gasteiger partial charge in [-0.15, -0.1) is 0 Å². The lowest BCUT2D eigenvalue weighted by Gasteiger charge is -2.34. The molecule has 66 valence electrons. The Bertz CT molecular complexity index is 239. The van der Waals surface area contributed by atoms with E-state index in [1.54, 1.807) is 11.9 Å². The molecule has 2 aliphatic rings. The van der Waals surface area contributed by atoms with E-state index >= 15 is 0 Å². The molecule has 4 nitrogen and oxygen atoms in total. The maximum Gasteiger partial charge on any atom is 0.312 e. The van der Waals surface area contributed by atoms with Gasteiger partial charge in [0, 0.05) is 26.2 Å². The fourth-order valence-corrected chi connectivity index (χ4v) is 1.98. The first-order valence-corrected chi connectivity index (χ1v) is 4.26. The summed E-state index contributed by atoms with van der Waals surface area (Å²) >= 11 is 0. The van der Waals surface area contributed by atoms with Crippen molar-refractivity contribution in [2.24, 2.45) is 0 Å². The zero-order chi connectivity index (χ0) is 8.72. The highest BCUT2D eigenvalue weighted by molar-refractivity contribution is 6.35. The predicted molar refractivity (Wildman–Crippen MR) is 42.4 cm³/mol. The van der Waals surface area contributed by atoms with E-state index < -0.39 is 0 Å². The second-order valence-electron chi connectivity index (χ2n) is 3.48. The molecule has 2 fully saturated rings. The van der Waals surface area contributed by atoms with Crippen LogP contribution < -0.4 is 0 Å². The second kappa shape index (κ2) is 2.47. The first-order chi connectivity index (χ1) is 5.70. The van der Waals surface area contributed by atoms with Crippen molar-refractivity contribution in [3.05, 3.63) is 0 Å². The minimum Gasteiger partial charge on any atom is -0.335 e. The third-order valence-corrected chi connectivity index (χ3v) is 2.65. The minimum atomic E-state index is -0.354. The lowest BCUT2D eigenvalue weighted by atomic mass is 10.1. The number of fused-ring (bicyclic) bond motifs is 1. The number of carbonyl (C=O) groups is 2. The van der Waals surface area contributed by atoms with E-state index in [4.69, 9.17) is 0 Å². The van der Waals surface area contributed by atoms with Gasteiger partial charge < -0.3 is 9.80 Å². The van der Waals surface area contributed by atoms with Crippen LogP contribution in [0.25, 0.3) is 0 Å². The van der Waals surface area contributed by atoms with Gasteiger partial charge in [-0.05, 0) is 12.8 Å². The molecule has 12 heavy (non-hydrogen) atoms. The Balaban J connectivity index is 2.21. The molecule has 0 aromatic heterocycles. The van der Waals surface area contributed by atoms with Gasteiger partial charge >= 0.3 is 11.8 Å².